The van der Waals surface area contributed by atoms with E-state index in [1.807, 2.05) is 6.92 Å². The fraction of sp³-hybridized carbons (Fsp3) is 0.600. The van der Waals surface area contributed by atoms with Gasteiger partial charge in [0.05, 0.1) is 19.3 Å². The van der Waals surface area contributed by atoms with E-state index in [0.29, 0.717) is 17.5 Å². The van der Waals surface area contributed by atoms with Gasteiger partial charge in [-0.3, -0.25) is 0 Å². The van der Waals surface area contributed by atoms with E-state index in [1.54, 1.807) is 6.07 Å². The van der Waals surface area contributed by atoms with Crippen LogP contribution in [-0.2, 0) is 6.42 Å². The third-order valence-corrected chi connectivity index (χ3v) is 2.06. The molecule has 6 nitrogen and oxygen atoms in total. The average molecular weight is 226 g/mol. The summed E-state index contributed by atoms with van der Waals surface area (Å²) >= 11 is 0. The highest BCUT2D eigenvalue weighted by atomic mass is 16.3. The largest absolute Gasteiger partial charge is 0.394 e. The predicted molar refractivity (Wildman–Crippen MR) is 62.0 cm³/mol. The molecule has 0 aromatic carbocycles. The molecular formula is C10H18N4O2. The van der Waals surface area contributed by atoms with Gasteiger partial charge in [0.15, 0.2) is 0 Å². The number of nitrogen functional groups attached to an aromatic ring is 1. The molecule has 5 N–H and O–H groups in total. The zero-order chi connectivity index (χ0) is 12.0. The minimum Gasteiger partial charge on any atom is -0.394 e. The van der Waals surface area contributed by atoms with Crippen LogP contribution in [-0.4, -0.2) is 39.4 Å². The number of hydrogen-bond acceptors (Lipinski definition) is 6. The molecule has 0 aliphatic rings. The lowest BCUT2D eigenvalue weighted by Crippen LogP contribution is -2.28. The van der Waals surface area contributed by atoms with E-state index in [0.717, 1.165) is 12.8 Å². The molecule has 1 rings (SSSR count). The summed E-state index contributed by atoms with van der Waals surface area (Å²) in [5.74, 6) is 1.58. The van der Waals surface area contributed by atoms with Gasteiger partial charge in [-0.1, -0.05) is 6.92 Å². The molecule has 1 heterocycles. The van der Waals surface area contributed by atoms with Gasteiger partial charge in [-0.25, -0.2) is 9.97 Å². The molecule has 0 aliphatic heterocycles. The van der Waals surface area contributed by atoms with Crippen LogP contribution in [0, 0.1) is 0 Å². The normalized spacial score (nSPS) is 10.8. The lowest BCUT2D eigenvalue weighted by molar-refractivity contribution is 0.203. The van der Waals surface area contributed by atoms with Crippen molar-refractivity contribution < 1.29 is 10.2 Å². The molecule has 6 heteroatoms. The van der Waals surface area contributed by atoms with Crippen LogP contribution < -0.4 is 11.1 Å². The molecule has 0 radical (unpaired) electrons. The Hall–Kier alpha value is -1.40. The lowest BCUT2D eigenvalue weighted by Gasteiger charge is -2.14. The minimum atomic E-state index is -0.427. The van der Waals surface area contributed by atoms with Gasteiger partial charge in [0.1, 0.15) is 17.5 Å². The zero-order valence-corrected chi connectivity index (χ0v) is 9.35. The van der Waals surface area contributed by atoms with E-state index in [1.165, 1.54) is 0 Å². The van der Waals surface area contributed by atoms with Gasteiger partial charge in [0.2, 0.25) is 0 Å². The van der Waals surface area contributed by atoms with E-state index >= 15 is 0 Å². The highest BCUT2D eigenvalue weighted by Gasteiger charge is 2.08. The van der Waals surface area contributed by atoms with Crippen LogP contribution in [0.1, 0.15) is 19.2 Å². The van der Waals surface area contributed by atoms with Gasteiger partial charge in [0, 0.05) is 12.5 Å². The second-order valence-electron chi connectivity index (χ2n) is 3.55. The molecule has 0 bridgehead atoms. The first-order valence-electron chi connectivity index (χ1n) is 5.31. The van der Waals surface area contributed by atoms with Crippen molar-refractivity contribution >= 4 is 11.6 Å². The first-order chi connectivity index (χ1) is 7.69. The van der Waals surface area contributed by atoms with Crippen LogP contribution in [0.15, 0.2) is 6.07 Å². The molecule has 90 valence electrons. The number of nitrogens with one attached hydrogen (secondary N) is 1. The maximum atomic E-state index is 8.93. The first kappa shape index (κ1) is 12.7. The SMILES string of the molecule is CCCc1nc(N)cc(NC(CO)CO)n1. The first-order valence-corrected chi connectivity index (χ1v) is 5.31. The van der Waals surface area contributed by atoms with Crippen molar-refractivity contribution in [3.8, 4) is 0 Å². The molecule has 0 atom stereocenters. The number of aliphatic hydroxyl groups excluding tert-OH is 2. The number of aliphatic hydroxyl groups is 2. The zero-order valence-electron chi connectivity index (χ0n) is 9.35. The molecular weight excluding hydrogens is 208 g/mol. The summed E-state index contributed by atoms with van der Waals surface area (Å²) in [7, 11) is 0. The summed E-state index contributed by atoms with van der Waals surface area (Å²) in [6.45, 7) is 1.71. The Morgan fingerprint density at radius 3 is 2.62 bits per heavy atom. The van der Waals surface area contributed by atoms with Gasteiger partial charge >= 0.3 is 0 Å². The van der Waals surface area contributed by atoms with Crippen molar-refractivity contribution in [2.75, 3.05) is 24.3 Å². The van der Waals surface area contributed by atoms with Crippen LogP contribution in [0.5, 0.6) is 0 Å². The molecule has 0 saturated carbocycles. The van der Waals surface area contributed by atoms with Crippen molar-refractivity contribution in [1.29, 1.82) is 0 Å². The van der Waals surface area contributed by atoms with E-state index < -0.39 is 6.04 Å². The second kappa shape index (κ2) is 6.24. The number of rotatable bonds is 6. The molecule has 0 aliphatic carbocycles. The van der Waals surface area contributed by atoms with Crippen LogP contribution >= 0.6 is 0 Å². The molecule has 1 aromatic heterocycles. The molecule has 0 spiro atoms. The number of nitrogens with two attached hydrogens (primary N) is 1. The molecule has 0 fully saturated rings. The Morgan fingerprint density at radius 2 is 2.06 bits per heavy atom. The highest BCUT2D eigenvalue weighted by molar-refractivity contribution is 5.45. The summed E-state index contributed by atoms with van der Waals surface area (Å²) in [4.78, 5) is 8.32. The van der Waals surface area contributed by atoms with Crippen molar-refractivity contribution in [2.45, 2.75) is 25.8 Å². The van der Waals surface area contributed by atoms with Gasteiger partial charge in [-0.2, -0.15) is 0 Å². The average Bonchev–Trinajstić information content (AvgIpc) is 2.25. The van der Waals surface area contributed by atoms with Gasteiger partial charge in [-0.15, -0.1) is 0 Å². The number of hydrogen-bond donors (Lipinski definition) is 4. The van der Waals surface area contributed by atoms with Gasteiger partial charge < -0.3 is 21.3 Å². The monoisotopic (exact) mass is 226 g/mol. The van der Waals surface area contributed by atoms with Crippen molar-refractivity contribution in [2.24, 2.45) is 0 Å². The topological polar surface area (TPSA) is 104 Å². The molecule has 16 heavy (non-hydrogen) atoms. The molecule has 0 saturated heterocycles. The molecule has 1 aromatic rings. The minimum absolute atomic E-state index is 0.163. The Morgan fingerprint density at radius 1 is 1.38 bits per heavy atom. The Balaban J connectivity index is 2.78. The maximum Gasteiger partial charge on any atom is 0.133 e. The number of anilines is 2. The Labute approximate surface area is 94.5 Å². The van der Waals surface area contributed by atoms with Crippen molar-refractivity contribution in [3.05, 3.63) is 11.9 Å². The van der Waals surface area contributed by atoms with Crippen molar-refractivity contribution in [1.82, 2.24) is 9.97 Å². The van der Waals surface area contributed by atoms with Crippen LogP contribution in [0.3, 0.4) is 0 Å². The third-order valence-electron chi connectivity index (χ3n) is 2.06. The van der Waals surface area contributed by atoms with E-state index in [-0.39, 0.29) is 13.2 Å². The smallest absolute Gasteiger partial charge is 0.133 e. The van der Waals surface area contributed by atoms with Crippen molar-refractivity contribution in [3.63, 3.8) is 0 Å². The number of aromatic nitrogens is 2. The van der Waals surface area contributed by atoms with E-state index in [9.17, 15) is 0 Å². The predicted octanol–water partition coefficient (Wildman–Crippen LogP) is -0.224. The summed E-state index contributed by atoms with van der Waals surface area (Å²) in [6.07, 6.45) is 1.69. The Bertz CT molecular complexity index is 329. The van der Waals surface area contributed by atoms with Crippen LogP contribution in [0.4, 0.5) is 11.6 Å². The van der Waals surface area contributed by atoms with Crippen LogP contribution in [0.25, 0.3) is 0 Å². The van der Waals surface area contributed by atoms with E-state index in [4.69, 9.17) is 15.9 Å². The van der Waals surface area contributed by atoms with Gasteiger partial charge in [-0.05, 0) is 6.42 Å². The second-order valence-corrected chi connectivity index (χ2v) is 3.55. The lowest BCUT2D eigenvalue weighted by atomic mass is 10.3. The maximum absolute atomic E-state index is 8.93. The van der Waals surface area contributed by atoms with E-state index in [2.05, 4.69) is 15.3 Å². The standard InChI is InChI=1S/C10H18N4O2/c1-2-3-9-13-8(11)4-10(14-9)12-7(5-15)6-16/h4,7,15-16H,2-3,5-6H2,1H3,(H3,11,12,13,14). The molecule has 0 amide bonds. The number of aryl methyl sites for hydroxylation is 1. The fourth-order valence-electron chi connectivity index (χ4n) is 1.29. The number of nitrogens with zero attached hydrogens (tertiary/aromatic N) is 2. The fourth-order valence-corrected chi connectivity index (χ4v) is 1.29. The highest BCUT2D eigenvalue weighted by Crippen LogP contribution is 2.10. The van der Waals surface area contributed by atoms with Gasteiger partial charge in [0.25, 0.3) is 0 Å². The third kappa shape index (κ3) is 3.63. The van der Waals surface area contributed by atoms with Crippen LogP contribution in [0.2, 0.25) is 0 Å². The summed E-state index contributed by atoms with van der Waals surface area (Å²) in [5.41, 5.74) is 5.63. The summed E-state index contributed by atoms with van der Waals surface area (Å²) in [5, 5.41) is 20.8. The summed E-state index contributed by atoms with van der Waals surface area (Å²) in [6, 6.07) is 1.15. The summed E-state index contributed by atoms with van der Waals surface area (Å²) < 4.78 is 0. The Kier molecular flexibility index (Phi) is 4.94. The molecule has 0 unspecified atom stereocenters. The quantitative estimate of drug-likeness (QED) is 0.534.